The number of nitrogens with zero attached hydrogens (tertiary/aromatic N) is 1. The van der Waals surface area contributed by atoms with Crippen LogP contribution in [-0.2, 0) is 9.59 Å². The van der Waals surface area contributed by atoms with E-state index in [0.717, 1.165) is 11.1 Å². The molecule has 0 spiro atoms. The van der Waals surface area contributed by atoms with Gasteiger partial charge < -0.3 is 5.11 Å². The van der Waals surface area contributed by atoms with E-state index in [9.17, 15) is 19.1 Å². The van der Waals surface area contributed by atoms with Gasteiger partial charge in [0.15, 0.2) is 0 Å². The van der Waals surface area contributed by atoms with Gasteiger partial charge in [-0.15, -0.1) is 0 Å². The fourth-order valence-corrected chi connectivity index (χ4v) is 3.81. The van der Waals surface area contributed by atoms with Crippen molar-refractivity contribution in [3.05, 3.63) is 106 Å². The Morgan fingerprint density at radius 1 is 0.933 bits per heavy atom. The van der Waals surface area contributed by atoms with Crippen molar-refractivity contribution in [3.8, 4) is 0 Å². The third-order valence-corrected chi connectivity index (χ3v) is 5.29. The van der Waals surface area contributed by atoms with Crippen LogP contribution in [0.15, 0.2) is 78.4 Å². The molecule has 150 valence electrons. The zero-order valence-corrected chi connectivity index (χ0v) is 16.6. The van der Waals surface area contributed by atoms with Crippen molar-refractivity contribution in [1.29, 1.82) is 0 Å². The van der Waals surface area contributed by atoms with Crippen LogP contribution in [0.1, 0.15) is 28.3 Å². The molecule has 0 radical (unpaired) electrons. The Kier molecular flexibility index (Phi) is 4.96. The number of benzene rings is 3. The van der Waals surface area contributed by atoms with Crippen LogP contribution in [0.5, 0.6) is 0 Å². The van der Waals surface area contributed by atoms with Crippen molar-refractivity contribution >= 4 is 23.1 Å². The molecule has 0 aromatic heterocycles. The lowest BCUT2D eigenvalue weighted by Gasteiger charge is -2.25. The molecule has 1 aliphatic rings. The van der Waals surface area contributed by atoms with Crippen LogP contribution in [-0.4, -0.2) is 16.8 Å². The summed E-state index contributed by atoms with van der Waals surface area (Å²) in [6.45, 7) is 3.71. The number of aliphatic hydroxyl groups is 1. The van der Waals surface area contributed by atoms with Gasteiger partial charge in [0.05, 0.1) is 11.6 Å². The maximum Gasteiger partial charge on any atom is 0.300 e. The number of Topliss-reactive ketones (excluding diaryl/α,β-unsaturated/α-hetero) is 1. The van der Waals surface area contributed by atoms with Crippen LogP contribution in [0, 0.1) is 19.7 Å². The fourth-order valence-electron chi connectivity index (χ4n) is 3.81. The Morgan fingerprint density at radius 2 is 1.67 bits per heavy atom. The lowest BCUT2D eigenvalue weighted by molar-refractivity contribution is -0.132. The molecule has 0 saturated carbocycles. The maximum atomic E-state index is 13.9. The van der Waals surface area contributed by atoms with Gasteiger partial charge in [0.25, 0.3) is 11.7 Å². The zero-order valence-electron chi connectivity index (χ0n) is 16.6. The molecular formula is C25H20FNO3. The topological polar surface area (TPSA) is 57.6 Å². The van der Waals surface area contributed by atoms with Gasteiger partial charge in [-0.05, 0) is 49.2 Å². The molecule has 4 rings (SSSR count). The van der Waals surface area contributed by atoms with Crippen molar-refractivity contribution < 1.29 is 19.1 Å². The van der Waals surface area contributed by atoms with E-state index < -0.39 is 23.5 Å². The highest BCUT2D eigenvalue weighted by molar-refractivity contribution is 6.51. The molecule has 5 heteroatoms. The van der Waals surface area contributed by atoms with E-state index in [-0.39, 0.29) is 17.0 Å². The average molecular weight is 401 g/mol. The number of aliphatic hydroxyl groups excluding tert-OH is 1. The van der Waals surface area contributed by atoms with Crippen LogP contribution in [0.4, 0.5) is 10.1 Å². The number of aryl methyl sites for hydroxylation is 2. The summed E-state index contributed by atoms with van der Waals surface area (Å²) in [6, 6.07) is 19.2. The van der Waals surface area contributed by atoms with Gasteiger partial charge in [-0.3, -0.25) is 14.5 Å². The number of hydrogen-bond acceptors (Lipinski definition) is 3. The molecule has 1 saturated heterocycles. The van der Waals surface area contributed by atoms with Gasteiger partial charge in [-0.25, -0.2) is 4.39 Å². The molecule has 1 atom stereocenters. The highest BCUT2D eigenvalue weighted by Gasteiger charge is 2.47. The first-order valence-corrected chi connectivity index (χ1v) is 9.57. The van der Waals surface area contributed by atoms with Gasteiger partial charge in [-0.1, -0.05) is 54.1 Å². The lowest BCUT2D eigenvalue weighted by atomic mass is 9.93. The summed E-state index contributed by atoms with van der Waals surface area (Å²) in [5.74, 6) is -2.36. The van der Waals surface area contributed by atoms with Crippen molar-refractivity contribution in [2.24, 2.45) is 0 Å². The van der Waals surface area contributed by atoms with Gasteiger partial charge in [0.1, 0.15) is 11.6 Å². The van der Waals surface area contributed by atoms with Gasteiger partial charge in [-0.2, -0.15) is 0 Å². The Bertz CT molecular complexity index is 1180. The molecule has 1 heterocycles. The number of hydrogen-bond donors (Lipinski definition) is 1. The molecule has 1 N–H and O–H groups in total. The van der Waals surface area contributed by atoms with Gasteiger partial charge >= 0.3 is 0 Å². The quantitative estimate of drug-likeness (QED) is 0.379. The summed E-state index contributed by atoms with van der Waals surface area (Å²) in [6.07, 6.45) is 0. The largest absolute Gasteiger partial charge is 0.507 e. The standard InChI is InChI=1S/C25H20FNO3/c1-15-11-12-16(2)20(13-15)23(28)21-22(17-7-4-3-5-8-17)27(25(30)24(21)29)19-10-6-9-18(26)14-19/h3-14,22,28H,1-2H3/b23-21+. The van der Waals surface area contributed by atoms with E-state index in [4.69, 9.17) is 0 Å². The van der Waals surface area contributed by atoms with Crippen molar-refractivity contribution in [2.45, 2.75) is 19.9 Å². The normalized spacial score (nSPS) is 18.1. The minimum absolute atomic E-state index is 0.0100. The highest BCUT2D eigenvalue weighted by Crippen LogP contribution is 2.42. The second-order valence-corrected chi connectivity index (χ2v) is 7.38. The Labute approximate surface area is 173 Å². The molecule has 1 amide bonds. The number of carbonyl (C=O) groups excluding carboxylic acids is 2. The molecule has 0 aliphatic carbocycles. The summed E-state index contributed by atoms with van der Waals surface area (Å²) < 4.78 is 13.9. The molecule has 3 aromatic rings. The van der Waals surface area contributed by atoms with E-state index in [1.165, 1.54) is 23.1 Å². The molecule has 0 bridgehead atoms. The second-order valence-electron chi connectivity index (χ2n) is 7.38. The van der Waals surface area contributed by atoms with Crippen LogP contribution in [0.3, 0.4) is 0 Å². The number of carbonyl (C=O) groups is 2. The second kappa shape index (κ2) is 7.59. The number of ketones is 1. The van der Waals surface area contributed by atoms with E-state index in [1.807, 2.05) is 32.0 Å². The third-order valence-electron chi connectivity index (χ3n) is 5.29. The molecule has 30 heavy (non-hydrogen) atoms. The minimum Gasteiger partial charge on any atom is -0.507 e. The third kappa shape index (κ3) is 3.28. The SMILES string of the molecule is Cc1ccc(C)c(/C(O)=C2\C(=O)C(=O)N(c3cccc(F)c3)C2c2ccccc2)c1. The molecule has 1 aliphatic heterocycles. The number of anilines is 1. The van der Waals surface area contributed by atoms with Crippen LogP contribution >= 0.6 is 0 Å². The first-order valence-electron chi connectivity index (χ1n) is 9.57. The van der Waals surface area contributed by atoms with E-state index >= 15 is 0 Å². The lowest BCUT2D eigenvalue weighted by Crippen LogP contribution is -2.29. The zero-order chi connectivity index (χ0) is 21.4. The molecular weight excluding hydrogens is 381 g/mol. The van der Waals surface area contributed by atoms with Crippen LogP contribution in [0.25, 0.3) is 5.76 Å². The molecule has 1 fully saturated rings. The molecule has 3 aromatic carbocycles. The van der Waals surface area contributed by atoms with E-state index in [0.29, 0.717) is 11.1 Å². The smallest absolute Gasteiger partial charge is 0.300 e. The Hall–Kier alpha value is -3.73. The summed E-state index contributed by atoms with van der Waals surface area (Å²) in [5, 5.41) is 11.2. The first-order chi connectivity index (χ1) is 14.4. The predicted molar refractivity (Wildman–Crippen MR) is 114 cm³/mol. The predicted octanol–water partition coefficient (Wildman–Crippen LogP) is 5.07. The fraction of sp³-hybridized carbons (Fsp3) is 0.120. The monoisotopic (exact) mass is 401 g/mol. The van der Waals surface area contributed by atoms with Crippen molar-refractivity contribution in [2.75, 3.05) is 4.90 Å². The van der Waals surface area contributed by atoms with Crippen molar-refractivity contribution in [1.82, 2.24) is 0 Å². The average Bonchev–Trinajstić information content (AvgIpc) is 3.01. The summed E-state index contributed by atoms with van der Waals surface area (Å²) >= 11 is 0. The van der Waals surface area contributed by atoms with E-state index in [2.05, 4.69) is 0 Å². The maximum absolute atomic E-state index is 13.9. The number of halogens is 1. The van der Waals surface area contributed by atoms with Crippen LogP contribution in [0.2, 0.25) is 0 Å². The van der Waals surface area contributed by atoms with Crippen LogP contribution < -0.4 is 4.90 Å². The van der Waals surface area contributed by atoms with E-state index in [1.54, 1.807) is 36.4 Å². The molecule has 4 nitrogen and oxygen atoms in total. The Morgan fingerprint density at radius 3 is 2.37 bits per heavy atom. The summed E-state index contributed by atoms with van der Waals surface area (Å²) in [4.78, 5) is 27.3. The Balaban J connectivity index is 1.98. The highest BCUT2D eigenvalue weighted by atomic mass is 19.1. The minimum atomic E-state index is -0.868. The molecule has 1 unspecified atom stereocenters. The number of rotatable bonds is 3. The summed E-state index contributed by atoms with van der Waals surface area (Å²) in [7, 11) is 0. The first kappa shape index (κ1) is 19.6. The summed E-state index contributed by atoms with van der Waals surface area (Å²) in [5.41, 5.74) is 3.08. The van der Waals surface area contributed by atoms with Gasteiger partial charge in [0, 0.05) is 11.3 Å². The van der Waals surface area contributed by atoms with Crippen molar-refractivity contribution in [3.63, 3.8) is 0 Å². The van der Waals surface area contributed by atoms with Gasteiger partial charge in [0.2, 0.25) is 0 Å². The number of amides is 1.